The topological polar surface area (TPSA) is 237 Å². The lowest BCUT2D eigenvalue weighted by atomic mass is 9.99. The van der Waals surface area contributed by atoms with Crippen molar-refractivity contribution in [2.45, 2.75) is 414 Å². The summed E-state index contributed by atoms with van der Waals surface area (Å²) < 4.78 is 68.6. The van der Waals surface area contributed by atoms with Crippen LogP contribution in [0.1, 0.15) is 395 Å². The molecule has 0 amide bonds. The summed E-state index contributed by atoms with van der Waals surface area (Å²) in [6.45, 7) is 12.0. The van der Waals surface area contributed by atoms with Crippen LogP contribution in [0.4, 0.5) is 0 Å². The zero-order valence-electron chi connectivity index (χ0n) is 62.8. The summed E-state index contributed by atoms with van der Waals surface area (Å²) in [5.74, 6) is 0.265. The number of unbranched alkanes of at least 4 members (excludes halogenated alkanes) is 42. The predicted molar refractivity (Wildman–Crippen MR) is 391 cm³/mol. The molecule has 0 aromatic rings. The van der Waals surface area contributed by atoms with Gasteiger partial charge >= 0.3 is 39.5 Å². The Morgan fingerprint density at radius 3 is 0.792 bits per heavy atom. The van der Waals surface area contributed by atoms with Crippen LogP contribution in [0.25, 0.3) is 0 Å². The Balaban J connectivity index is 5.26. The van der Waals surface area contributed by atoms with Gasteiger partial charge in [-0.3, -0.25) is 37.3 Å². The van der Waals surface area contributed by atoms with Crippen molar-refractivity contribution in [2.75, 3.05) is 39.6 Å². The first-order valence-electron chi connectivity index (χ1n) is 39.9. The van der Waals surface area contributed by atoms with E-state index in [-0.39, 0.29) is 25.7 Å². The highest BCUT2D eigenvalue weighted by Crippen LogP contribution is 2.45. The molecule has 0 radical (unpaired) electrons. The zero-order chi connectivity index (χ0) is 70.9. The number of phosphoric ester groups is 2. The molecule has 19 heteroatoms. The predicted octanol–water partition coefficient (Wildman–Crippen LogP) is 22.6. The number of carbonyl (C=O) groups excluding carboxylic acids is 4. The molecular weight excluding hydrogens is 1260 g/mol. The summed E-state index contributed by atoms with van der Waals surface area (Å²) in [5, 5.41) is 10.6. The summed E-state index contributed by atoms with van der Waals surface area (Å²) in [7, 11) is -9.91. The fraction of sp³-hybridized carbons (Fsp3) is 0.948. The maximum absolute atomic E-state index is 13.1. The quantitative estimate of drug-likeness (QED) is 0.0222. The lowest BCUT2D eigenvalue weighted by molar-refractivity contribution is -0.161. The molecule has 570 valence electrons. The number of phosphoric acid groups is 2. The van der Waals surface area contributed by atoms with Crippen LogP contribution in [0.5, 0.6) is 0 Å². The van der Waals surface area contributed by atoms with Crippen LogP contribution in [0.3, 0.4) is 0 Å². The van der Waals surface area contributed by atoms with Gasteiger partial charge in [-0.15, -0.1) is 0 Å². The van der Waals surface area contributed by atoms with Gasteiger partial charge in [0.2, 0.25) is 0 Å². The van der Waals surface area contributed by atoms with E-state index in [9.17, 15) is 43.2 Å². The monoisotopic (exact) mass is 1410 g/mol. The molecule has 0 aliphatic carbocycles. The minimum Gasteiger partial charge on any atom is -0.462 e. The fourth-order valence-electron chi connectivity index (χ4n) is 11.7. The van der Waals surface area contributed by atoms with Crippen molar-refractivity contribution in [2.24, 2.45) is 17.8 Å². The van der Waals surface area contributed by atoms with Crippen LogP contribution in [0.15, 0.2) is 0 Å². The van der Waals surface area contributed by atoms with E-state index in [4.69, 9.17) is 37.0 Å². The van der Waals surface area contributed by atoms with Gasteiger partial charge in [0, 0.05) is 25.7 Å². The molecule has 0 rings (SSSR count). The smallest absolute Gasteiger partial charge is 0.462 e. The van der Waals surface area contributed by atoms with Gasteiger partial charge in [-0.2, -0.15) is 0 Å². The number of aliphatic hydroxyl groups excluding tert-OH is 1. The van der Waals surface area contributed by atoms with Crippen LogP contribution >= 0.6 is 15.6 Å². The molecule has 0 aliphatic rings. The van der Waals surface area contributed by atoms with E-state index in [1.807, 2.05) is 0 Å². The second-order valence-corrected chi connectivity index (χ2v) is 31.8. The Kier molecular flexibility index (Phi) is 66.2. The number of carbonyl (C=O) groups is 4. The Hall–Kier alpha value is -1.94. The van der Waals surface area contributed by atoms with E-state index in [0.717, 1.165) is 108 Å². The van der Waals surface area contributed by atoms with Crippen molar-refractivity contribution in [3.05, 3.63) is 0 Å². The molecule has 0 bridgehead atoms. The maximum Gasteiger partial charge on any atom is 0.472 e. The molecule has 0 aliphatic heterocycles. The molecule has 0 spiro atoms. The van der Waals surface area contributed by atoms with Gasteiger partial charge in [0.05, 0.1) is 26.4 Å². The molecule has 3 N–H and O–H groups in total. The number of aliphatic hydroxyl groups is 1. The molecule has 0 heterocycles. The molecule has 3 unspecified atom stereocenters. The van der Waals surface area contributed by atoms with Crippen molar-refractivity contribution in [1.29, 1.82) is 0 Å². The SMILES string of the molecule is CCCCCCCCCCCCC(=O)OC[C@H](COP(=O)(O)OC[C@H](O)COP(=O)(O)OC[C@@H](COC(=O)CCCCCCCCCCCCCCC(C)C)OC(=O)CCCCCCCCCCCCCCCCC(C)C)OC(=O)CCCCCCCCCCCCC(C)CC. The normalized spacial score (nSPS) is 14.3. The third kappa shape index (κ3) is 69.2. The lowest BCUT2D eigenvalue weighted by Crippen LogP contribution is -2.30. The minimum atomic E-state index is -4.96. The van der Waals surface area contributed by atoms with Crippen molar-refractivity contribution in [3.8, 4) is 0 Å². The molecule has 0 fully saturated rings. The molecule has 0 saturated heterocycles. The minimum absolute atomic E-state index is 0.106. The first kappa shape index (κ1) is 94.1. The summed E-state index contributed by atoms with van der Waals surface area (Å²) in [5.41, 5.74) is 0. The lowest BCUT2D eigenvalue weighted by Gasteiger charge is -2.21. The van der Waals surface area contributed by atoms with E-state index < -0.39 is 97.5 Å². The van der Waals surface area contributed by atoms with Crippen LogP contribution in [0.2, 0.25) is 0 Å². The largest absolute Gasteiger partial charge is 0.472 e. The van der Waals surface area contributed by atoms with Gasteiger partial charge in [0.1, 0.15) is 19.3 Å². The Bertz CT molecular complexity index is 1870. The second kappa shape index (κ2) is 67.5. The summed E-state index contributed by atoms with van der Waals surface area (Å²) in [4.78, 5) is 72.9. The van der Waals surface area contributed by atoms with Crippen LogP contribution < -0.4 is 0 Å². The van der Waals surface area contributed by atoms with E-state index in [2.05, 4.69) is 48.5 Å². The van der Waals surface area contributed by atoms with E-state index in [1.165, 1.54) is 205 Å². The molecule has 6 atom stereocenters. The molecular formula is C77H150O17P2. The number of hydrogen-bond acceptors (Lipinski definition) is 15. The van der Waals surface area contributed by atoms with Crippen molar-refractivity contribution in [3.63, 3.8) is 0 Å². The molecule has 17 nitrogen and oxygen atoms in total. The average Bonchev–Trinajstić information content (AvgIpc) is 3.15. The van der Waals surface area contributed by atoms with Gasteiger partial charge in [-0.1, -0.05) is 344 Å². The van der Waals surface area contributed by atoms with E-state index in [0.29, 0.717) is 25.7 Å². The third-order valence-electron chi connectivity index (χ3n) is 18.2. The summed E-state index contributed by atoms with van der Waals surface area (Å²) in [6.07, 6.45) is 53.9. The standard InChI is InChI=1S/C77H150O17P2/c1-8-10-11-12-13-14-30-37-44-51-58-74(79)87-64-72(94-77(82)61-54-47-40-33-26-25-29-36-43-50-57-70(7)9-2)66-91-95(83,84)89-62-71(78)63-90-96(85,86)92-67-73(65-88-75(80)59-52-45-38-31-23-20-19-22-28-35-42-49-56-69(5)6)93-76(81)60-53-46-39-32-24-18-16-15-17-21-27-34-41-48-55-68(3)4/h68-73,78H,8-67H2,1-7H3,(H,83,84)(H,85,86)/t70?,71-,72+,73+/m0/s1. The third-order valence-corrected chi connectivity index (χ3v) is 20.1. The number of ether oxygens (including phenoxy) is 4. The Morgan fingerprint density at radius 2 is 0.531 bits per heavy atom. The highest BCUT2D eigenvalue weighted by Gasteiger charge is 2.30. The molecule has 0 aromatic heterocycles. The first-order chi connectivity index (χ1) is 46.3. The van der Waals surface area contributed by atoms with Crippen molar-refractivity contribution < 1.29 is 80.2 Å². The van der Waals surface area contributed by atoms with Gasteiger partial charge in [0.15, 0.2) is 12.2 Å². The summed E-state index contributed by atoms with van der Waals surface area (Å²) in [6, 6.07) is 0. The highest BCUT2D eigenvalue weighted by molar-refractivity contribution is 7.47. The van der Waals surface area contributed by atoms with Crippen molar-refractivity contribution >= 4 is 39.5 Å². The number of esters is 4. The highest BCUT2D eigenvalue weighted by atomic mass is 31.2. The zero-order valence-corrected chi connectivity index (χ0v) is 64.6. The van der Waals surface area contributed by atoms with Crippen molar-refractivity contribution in [1.82, 2.24) is 0 Å². The van der Waals surface area contributed by atoms with Gasteiger partial charge in [-0.25, -0.2) is 9.13 Å². The van der Waals surface area contributed by atoms with Gasteiger partial charge in [-0.05, 0) is 43.4 Å². The molecule has 0 aromatic carbocycles. The van der Waals surface area contributed by atoms with Gasteiger partial charge in [0.25, 0.3) is 0 Å². The summed E-state index contributed by atoms with van der Waals surface area (Å²) >= 11 is 0. The van der Waals surface area contributed by atoms with Crippen LogP contribution in [-0.2, 0) is 65.4 Å². The number of rotatable bonds is 75. The van der Waals surface area contributed by atoms with Gasteiger partial charge < -0.3 is 33.8 Å². The maximum atomic E-state index is 13.1. The Labute approximate surface area is 588 Å². The van der Waals surface area contributed by atoms with E-state index in [1.54, 1.807) is 0 Å². The molecule has 0 saturated carbocycles. The number of hydrogen-bond donors (Lipinski definition) is 3. The Morgan fingerprint density at radius 1 is 0.302 bits per heavy atom. The van der Waals surface area contributed by atoms with Crippen LogP contribution in [0, 0.1) is 17.8 Å². The van der Waals surface area contributed by atoms with Crippen LogP contribution in [-0.4, -0.2) is 96.7 Å². The first-order valence-corrected chi connectivity index (χ1v) is 42.9. The second-order valence-electron chi connectivity index (χ2n) is 28.9. The fourth-order valence-corrected chi connectivity index (χ4v) is 13.3. The van der Waals surface area contributed by atoms with E-state index >= 15 is 0 Å². The average molecular weight is 1410 g/mol. The molecule has 96 heavy (non-hydrogen) atoms.